The Morgan fingerprint density at radius 3 is 2.62 bits per heavy atom. The smallest absolute Gasteiger partial charge is 0.329 e. The maximum atomic E-state index is 11.6. The van der Waals surface area contributed by atoms with Crippen LogP contribution >= 0.6 is 0 Å². The van der Waals surface area contributed by atoms with E-state index in [2.05, 4.69) is 11.2 Å². The predicted molar refractivity (Wildman–Crippen MR) is 58.3 cm³/mol. The molecule has 0 saturated heterocycles. The van der Waals surface area contributed by atoms with Crippen LogP contribution in [0.15, 0.2) is 0 Å². The molecular weight excluding hydrogens is 208 g/mol. The highest BCUT2D eigenvalue weighted by molar-refractivity contribution is 5.89. The molecule has 1 aliphatic carbocycles. The zero-order chi connectivity index (χ0) is 12.3. The molecule has 0 spiro atoms. The monoisotopic (exact) mass is 224 g/mol. The summed E-state index contributed by atoms with van der Waals surface area (Å²) in [4.78, 5) is 22.7. The van der Waals surface area contributed by atoms with E-state index in [1.807, 2.05) is 0 Å². The average molecular weight is 224 g/mol. The third-order valence-corrected chi connectivity index (χ3v) is 2.90. The van der Waals surface area contributed by atoms with Crippen molar-refractivity contribution in [3.05, 3.63) is 0 Å². The van der Waals surface area contributed by atoms with Gasteiger partial charge in [0.1, 0.15) is 5.54 Å². The van der Waals surface area contributed by atoms with Gasteiger partial charge in [0.2, 0.25) is 5.91 Å². The second-order valence-corrected chi connectivity index (χ2v) is 4.29. The predicted octanol–water partition coefficient (Wildman–Crippen LogP) is -0.293. The number of carbonyl (C=O) groups is 2. The number of rotatable bonds is 5. The van der Waals surface area contributed by atoms with Gasteiger partial charge < -0.3 is 16.2 Å². The molecule has 0 aromatic heterocycles. The second kappa shape index (κ2) is 4.54. The van der Waals surface area contributed by atoms with Gasteiger partial charge in [0.25, 0.3) is 0 Å². The van der Waals surface area contributed by atoms with Crippen molar-refractivity contribution < 1.29 is 14.7 Å². The fraction of sp³-hybridized carbons (Fsp3) is 0.636. The van der Waals surface area contributed by atoms with Gasteiger partial charge in [-0.3, -0.25) is 4.79 Å². The number of nitrogens with two attached hydrogens (primary N) is 1. The number of aliphatic carboxylic acids is 1. The van der Waals surface area contributed by atoms with Gasteiger partial charge in [-0.15, -0.1) is 12.3 Å². The van der Waals surface area contributed by atoms with Crippen LogP contribution in [0, 0.1) is 18.3 Å². The summed E-state index contributed by atoms with van der Waals surface area (Å²) in [6.45, 7) is 1.51. The molecule has 0 radical (unpaired) electrons. The number of carboxylic acids is 1. The highest BCUT2D eigenvalue weighted by Gasteiger charge is 2.48. The molecule has 0 bridgehead atoms. The van der Waals surface area contributed by atoms with Crippen LogP contribution in [0.5, 0.6) is 0 Å². The summed E-state index contributed by atoms with van der Waals surface area (Å²) < 4.78 is 0. The molecule has 0 aromatic carbocycles. The third-order valence-electron chi connectivity index (χ3n) is 2.90. The molecule has 2 unspecified atom stereocenters. The summed E-state index contributed by atoms with van der Waals surface area (Å²) in [6, 6.07) is -0.845. The van der Waals surface area contributed by atoms with Crippen LogP contribution in [-0.2, 0) is 9.59 Å². The summed E-state index contributed by atoms with van der Waals surface area (Å²) >= 11 is 0. The summed E-state index contributed by atoms with van der Waals surface area (Å²) in [5.74, 6) is 0.731. The van der Waals surface area contributed by atoms with Crippen LogP contribution in [0.25, 0.3) is 0 Å². The molecule has 1 rings (SSSR count). The molecule has 1 aliphatic rings. The Labute approximate surface area is 94.4 Å². The van der Waals surface area contributed by atoms with Crippen LogP contribution in [0.4, 0.5) is 0 Å². The van der Waals surface area contributed by atoms with E-state index < -0.39 is 23.5 Å². The normalized spacial score (nSPS) is 20.3. The van der Waals surface area contributed by atoms with Crippen molar-refractivity contribution in [2.45, 2.75) is 37.8 Å². The average Bonchev–Trinajstić information content (AvgIpc) is 3.00. The van der Waals surface area contributed by atoms with Gasteiger partial charge in [-0.2, -0.15) is 0 Å². The fourth-order valence-electron chi connectivity index (χ4n) is 1.56. The maximum Gasteiger partial charge on any atom is 0.329 e. The van der Waals surface area contributed by atoms with Crippen LogP contribution in [0.1, 0.15) is 26.2 Å². The molecule has 1 amide bonds. The van der Waals surface area contributed by atoms with Crippen molar-refractivity contribution >= 4 is 11.9 Å². The van der Waals surface area contributed by atoms with Gasteiger partial charge >= 0.3 is 5.97 Å². The minimum atomic E-state index is -1.22. The first-order valence-corrected chi connectivity index (χ1v) is 5.16. The fourth-order valence-corrected chi connectivity index (χ4v) is 1.56. The molecule has 0 aromatic rings. The molecule has 0 heterocycles. The van der Waals surface area contributed by atoms with E-state index >= 15 is 0 Å². The second-order valence-electron chi connectivity index (χ2n) is 4.29. The first-order valence-electron chi connectivity index (χ1n) is 5.16. The van der Waals surface area contributed by atoms with Crippen LogP contribution in [0.2, 0.25) is 0 Å². The zero-order valence-electron chi connectivity index (χ0n) is 9.19. The van der Waals surface area contributed by atoms with Crippen molar-refractivity contribution in [1.82, 2.24) is 5.32 Å². The summed E-state index contributed by atoms with van der Waals surface area (Å²) in [6.07, 6.45) is 6.77. The van der Waals surface area contributed by atoms with E-state index in [9.17, 15) is 9.59 Å². The number of nitrogens with one attached hydrogen (secondary N) is 1. The molecule has 0 aliphatic heterocycles. The first kappa shape index (κ1) is 12.5. The number of terminal acetylenes is 1. The van der Waals surface area contributed by atoms with Gasteiger partial charge in [0, 0.05) is 6.42 Å². The number of carboxylic acid groups (broad SMARTS) is 1. The Morgan fingerprint density at radius 1 is 1.69 bits per heavy atom. The topological polar surface area (TPSA) is 92.4 Å². The van der Waals surface area contributed by atoms with Crippen LogP contribution in [0.3, 0.4) is 0 Å². The molecular formula is C11H16N2O3. The Morgan fingerprint density at radius 2 is 2.25 bits per heavy atom. The molecule has 1 fully saturated rings. The largest absolute Gasteiger partial charge is 0.480 e. The van der Waals surface area contributed by atoms with Gasteiger partial charge in [-0.25, -0.2) is 4.79 Å². The molecule has 4 N–H and O–H groups in total. The van der Waals surface area contributed by atoms with Crippen LogP contribution in [-0.4, -0.2) is 28.6 Å². The zero-order valence-corrected chi connectivity index (χ0v) is 9.19. The SMILES string of the molecule is C#CCC(N)C(=O)NC(C)(C(=O)O)C1CC1. The maximum absolute atomic E-state index is 11.6. The lowest BCUT2D eigenvalue weighted by Gasteiger charge is -2.27. The molecule has 1 saturated carbocycles. The minimum Gasteiger partial charge on any atom is -0.480 e. The van der Waals surface area contributed by atoms with Crippen LogP contribution < -0.4 is 11.1 Å². The van der Waals surface area contributed by atoms with Crippen molar-refractivity contribution in [2.24, 2.45) is 11.7 Å². The summed E-state index contributed by atoms with van der Waals surface area (Å²) in [5.41, 5.74) is 4.29. The number of hydrogen-bond acceptors (Lipinski definition) is 3. The van der Waals surface area contributed by atoms with E-state index in [-0.39, 0.29) is 12.3 Å². The van der Waals surface area contributed by atoms with Crippen molar-refractivity contribution in [3.8, 4) is 12.3 Å². The standard InChI is InChI=1S/C11H16N2O3/c1-3-4-8(12)9(14)13-11(2,10(15)16)7-5-6-7/h1,7-8H,4-6,12H2,2H3,(H,13,14)(H,15,16). The van der Waals surface area contributed by atoms with E-state index in [0.29, 0.717) is 0 Å². The summed E-state index contributed by atoms with van der Waals surface area (Å²) in [7, 11) is 0. The Hall–Kier alpha value is -1.54. The molecule has 88 valence electrons. The lowest BCUT2D eigenvalue weighted by atomic mass is 9.95. The Kier molecular flexibility index (Phi) is 3.55. The van der Waals surface area contributed by atoms with Crippen molar-refractivity contribution in [1.29, 1.82) is 0 Å². The van der Waals surface area contributed by atoms with E-state index in [1.54, 1.807) is 0 Å². The van der Waals surface area contributed by atoms with E-state index in [0.717, 1.165) is 12.8 Å². The van der Waals surface area contributed by atoms with Crippen molar-refractivity contribution in [3.63, 3.8) is 0 Å². The van der Waals surface area contributed by atoms with E-state index in [1.165, 1.54) is 6.92 Å². The molecule has 2 atom stereocenters. The quantitative estimate of drug-likeness (QED) is 0.559. The first-order chi connectivity index (χ1) is 7.41. The highest BCUT2D eigenvalue weighted by Crippen LogP contribution is 2.39. The number of hydrogen-bond donors (Lipinski definition) is 3. The third kappa shape index (κ3) is 2.52. The number of amides is 1. The highest BCUT2D eigenvalue weighted by atomic mass is 16.4. The van der Waals surface area contributed by atoms with Crippen molar-refractivity contribution in [2.75, 3.05) is 0 Å². The summed E-state index contributed by atoms with van der Waals surface area (Å²) in [5, 5.41) is 11.6. The van der Waals surface area contributed by atoms with Gasteiger partial charge in [0.15, 0.2) is 0 Å². The Bertz CT molecular complexity index is 344. The van der Waals surface area contributed by atoms with Gasteiger partial charge in [-0.05, 0) is 25.7 Å². The Balaban J connectivity index is 2.66. The lowest BCUT2D eigenvalue weighted by molar-refractivity contribution is -0.148. The molecule has 5 heteroatoms. The number of carbonyl (C=O) groups excluding carboxylic acids is 1. The van der Waals surface area contributed by atoms with Gasteiger partial charge in [0.05, 0.1) is 6.04 Å². The molecule has 16 heavy (non-hydrogen) atoms. The van der Waals surface area contributed by atoms with Gasteiger partial charge in [-0.1, -0.05) is 0 Å². The van der Waals surface area contributed by atoms with E-state index in [4.69, 9.17) is 17.3 Å². The lowest BCUT2D eigenvalue weighted by Crippen LogP contribution is -2.57. The molecule has 5 nitrogen and oxygen atoms in total. The minimum absolute atomic E-state index is 0.00742.